The highest BCUT2D eigenvalue weighted by Gasteiger charge is 2.14. The molecule has 14 heavy (non-hydrogen) atoms. The van der Waals surface area contributed by atoms with Crippen molar-refractivity contribution in [1.82, 2.24) is 4.72 Å². The van der Waals surface area contributed by atoms with Gasteiger partial charge in [0.25, 0.3) is 0 Å². The van der Waals surface area contributed by atoms with Crippen molar-refractivity contribution in [1.29, 1.82) is 0 Å². The first-order chi connectivity index (χ1) is 6.52. The number of amides is 1. The minimum Gasteiger partial charge on any atom is -0.282 e. The topological polar surface area (TPSA) is 29.1 Å². The van der Waals surface area contributed by atoms with Crippen LogP contribution in [0.25, 0.3) is 0 Å². The zero-order valence-electron chi connectivity index (χ0n) is 6.48. The maximum Gasteiger partial charge on any atom is 0.323 e. The summed E-state index contributed by atoms with van der Waals surface area (Å²) in [5.74, 6) is -3.53. The van der Waals surface area contributed by atoms with Crippen molar-refractivity contribution in [2.45, 2.75) is 4.90 Å². The predicted molar refractivity (Wildman–Crippen MR) is 46.6 cm³/mol. The Hall–Kier alpha value is -0.880. The minimum atomic E-state index is -1.36. The molecule has 0 aliphatic carbocycles. The van der Waals surface area contributed by atoms with Gasteiger partial charge in [-0.1, -0.05) is 0 Å². The first-order valence-electron chi connectivity index (χ1n) is 3.28. The molecular formula is C7H3ClF3NOS. The molecule has 0 fully saturated rings. The summed E-state index contributed by atoms with van der Waals surface area (Å²) in [5, 5.41) is -1.00. The molecule has 0 unspecified atom stereocenters. The van der Waals surface area contributed by atoms with Crippen LogP contribution in [-0.4, -0.2) is 5.37 Å². The zero-order chi connectivity index (χ0) is 10.7. The van der Waals surface area contributed by atoms with Crippen LogP contribution in [-0.2, 0) is 0 Å². The molecule has 1 aromatic rings. The van der Waals surface area contributed by atoms with E-state index in [1.807, 2.05) is 4.72 Å². The van der Waals surface area contributed by atoms with Crippen molar-refractivity contribution < 1.29 is 18.0 Å². The molecule has 76 valence electrons. The first kappa shape index (κ1) is 11.2. The third-order valence-corrected chi connectivity index (χ3v) is 2.31. The summed E-state index contributed by atoms with van der Waals surface area (Å²) in [6, 6.07) is 1.40. The van der Waals surface area contributed by atoms with Gasteiger partial charge in [-0.15, -0.1) is 0 Å². The van der Waals surface area contributed by atoms with Gasteiger partial charge in [0.2, 0.25) is 0 Å². The van der Waals surface area contributed by atoms with E-state index in [2.05, 4.69) is 0 Å². The second-order valence-corrected chi connectivity index (χ2v) is 3.31. The van der Waals surface area contributed by atoms with Gasteiger partial charge in [0.1, 0.15) is 10.7 Å². The van der Waals surface area contributed by atoms with E-state index in [1.165, 1.54) is 0 Å². The van der Waals surface area contributed by atoms with Gasteiger partial charge in [-0.05, 0) is 35.7 Å². The van der Waals surface area contributed by atoms with Gasteiger partial charge in [-0.2, -0.15) is 0 Å². The van der Waals surface area contributed by atoms with E-state index in [0.29, 0.717) is 6.07 Å². The molecule has 1 amide bonds. The van der Waals surface area contributed by atoms with Crippen LogP contribution in [0.3, 0.4) is 0 Å². The largest absolute Gasteiger partial charge is 0.323 e. The summed E-state index contributed by atoms with van der Waals surface area (Å²) in [5.41, 5.74) is 0. The first-order valence-corrected chi connectivity index (χ1v) is 4.47. The molecule has 0 atom stereocenters. The zero-order valence-corrected chi connectivity index (χ0v) is 8.06. The van der Waals surface area contributed by atoms with E-state index >= 15 is 0 Å². The summed E-state index contributed by atoms with van der Waals surface area (Å²) in [4.78, 5) is 9.58. The summed E-state index contributed by atoms with van der Waals surface area (Å²) >= 11 is 5.14. The standard InChI is InChI=1S/C7H3ClF3NOS/c8-7(13)12-14-6-4(10)2-1-3(9)5(6)11/h1-2H,(H,12,13). The van der Waals surface area contributed by atoms with Crippen LogP contribution < -0.4 is 4.72 Å². The number of carbonyl (C=O) groups excluding carboxylic acids is 1. The minimum absolute atomic E-state index is 0.274. The lowest BCUT2D eigenvalue weighted by Crippen LogP contribution is -2.07. The molecule has 0 aromatic heterocycles. The number of rotatable bonds is 2. The molecule has 0 saturated heterocycles. The van der Waals surface area contributed by atoms with Gasteiger partial charge in [-0.25, -0.2) is 13.2 Å². The summed E-state index contributed by atoms with van der Waals surface area (Å²) in [7, 11) is 0. The Morgan fingerprint density at radius 2 is 1.86 bits per heavy atom. The van der Waals surface area contributed by atoms with Crippen molar-refractivity contribution in [3.63, 3.8) is 0 Å². The lowest BCUT2D eigenvalue weighted by atomic mass is 10.3. The maximum atomic E-state index is 12.9. The number of nitrogens with one attached hydrogen (secondary N) is 1. The van der Waals surface area contributed by atoms with E-state index in [0.717, 1.165) is 6.07 Å². The van der Waals surface area contributed by atoms with Crippen molar-refractivity contribution in [2.75, 3.05) is 0 Å². The molecule has 0 aliphatic heterocycles. The Kier molecular flexibility index (Phi) is 3.65. The van der Waals surface area contributed by atoms with E-state index in [9.17, 15) is 18.0 Å². The van der Waals surface area contributed by atoms with Crippen molar-refractivity contribution >= 4 is 28.9 Å². The van der Waals surface area contributed by atoms with Crippen molar-refractivity contribution in [2.24, 2.45) is 0 Å². The molecule has 0 spiro atoms. The fourth-order valence-electron chi connectivity index (χ4n) is 0.693. The average Bonchev–Trinajstić information content (AvgIpc) is 2.11. The molecule has 0 saturated carbocycles. The third kappa shape index (κ3) is 2.55. The Morgan fingerprint density at radius 1 is 1.29 bits per heavy atom. The van der Waals surface area contributed by atoms with Crippen LogP contribution in [0, 0.1) is 17.5 Å². The molecule has 1 rings (SSSR count). The van der Waals surface area contributed by atoms with E-state index in [-0.39, 0.29) is 11.9 Å². The number of carbonyl (C=O) groups is 1. The van der Waals surface area contributed by atoms with Crippen LogP contribution in [0.15, 0.2) is 17.0 Å². The molecule has 7 heteroatoms. The lowest BCUT2D eigenvalue weighted by Gasteiger charge is -2.03. The molecule has 0 aliphatic rings. The van der Waals surface area contributed by atoms with Gasteiger partial charge in [0.05, 0.1) is 0 Å². The smallest absolute Gasteiger partial charge is 0.282 e. The average molecular weight is 242 g/mol. The highest BCUT2D eigenvalue weighted by atomic mass is 35.5. The Morgan fingerprint density at radius 3 is 2.43 bits per heavy atom. The van der Waals surface area contributed by atoms with Gasteiger partial charge in [-0.3, -0.25) is 9.52 Å². The monoisotopic (exact) mass is 241 g/mol. The van der Waals surface area contributed by atoms with Crippen LogP contribution in [0.1, 0.15) is 0 Å². The van der Waals surface area contributed by atoms with E-state index in [4.69, 9.17) is 11.6 Å². The van der Waals surface area contributed by atoms with Gasteiger partial charge < -0.3 is 0 Å². The molecule has 0 heterocycles. The van der Waals surface area contributed by atoms with Gasteiger partial charge >= 0.3 is 5.37 Å². The molecule has 2 nitrogen and oxygen atoms in total. The number of hydrogen-bond donors (Lipinski definition) is 1. The lowest BCUT2D eigenvalue weighted by molar-refractivity contribution is 0.264. The summed E-state index contributed by atoms with van der Waals surface area (Å²) in [6.45, 7) is 0. The second kappa shape index (κ2) is 4.56. The van der Waals surface area contributed by atoms with Crippen molar-refractivity contribution in [3.05, 3.63) is 29.6 Å². The highest BCUT2D eigenvalue weighted by Crippen LogP contribution is 2.24. The number of halogens is 4. The molecular weight excluding hydrogens is 239 g/mol. The Labute approximate surface area is 86.6 Å². The van der Waals surface area contributed by atoms with Crippen LogP contribution in [0.4, 0.5) is 18.0 Å². The predicted octanol–water partition coefficient (Wildman–Crippen LogP) is 3.06. The SMILES string of the molecule is O=C(Cl)NSc1c(F)ccc(F)c1F. The van der Waals surface area contributed by atoms with Crippen LogP contribution in [0.2, 0.25) is 0 Å². The maximum absolute atomic E-state index is 12.9. The molecule has 0 bridgehead atoms. The fraction of sp³-hybridized carbons (Fsp3) is 0. The van der Waals surface area contributed by atoms with Gasteiger partial charge in [0.15, 0.2) is 11.6 Å². The normalized spacial score (nSPS) is 10.0. The van der Waals surface area contributed by atoms with Crippen molar-refractivity contribution in [3.8, 4) is 0 Å². The third-order valence-electron chi connectivity index (χ3n) is 1.24. The van der Waals surface area contributed by atoms with Crippen LogP contribution >= 0.6 is 23.5 Å². The molecule has 1 N–H and O–H groups in total. The molecule has 0 radical (unpaired) electrons. The van der Waals surface area contributed by atoms with E-state index < -0.39 is 27.7 Å². The molecule has 1 aromatic carbocycles. The fourth-order valence-corrected chi connectivity index (χ4v) is 1.34. The summed E-state index contributed by atoms with van der Waals surface area (Å²) < 4.78 is 40.2. The summed E-state index contributed by atoms with van der Waals surface area (Å²) in [6.07, 6.45) is 0. The van der Waals surface area contributed by atoms with Crippen LogP contribution in [0.5, 0.6) is 0 Å². The number of benzene rings is 1. The van der Waals surface area contributed by atoms with Gasteiger partial charge in [0, 0.05) is 0 Å². The second-order valence-electron chi connectivity index (χ2n) is 2.15. The quantitative estimate of drug-likeness (QED) is 0.373. The Bertz CT molecular complexity index is 374. The Balaban J connectivity index is 2.95. The highest BCUT2D eigenvalue weighted by molar-refractivity contribution is 7.98. The van der Waals surface area contributed by atoms with E-state index in [1.54, 1.807) is 0 Å². The number of hydrogen-bond acceptors (Lipinski definition) is 2.